The van der Waals surface area contributed by atoms with E-state index in [2.05, 4.69) is 5.32 Å². The Kier molecular flexibility index (Phi) is 5.38. The van der Waals surface area contributed by atoms with Gasteiger partial charge in [0.15, 0.2) is 0 Å². The zero-order valence-corrected chi connectivity index (χ0v) is 11.4. The van der Waals surface area contributed by atoms with Crippen LogP contribution in [0.4, 0.5) is 10.1 Å². The van der Waals surface area contributed by atoms with E-state index in [1.54, 1.807) is 25.3 Å². The molecule has 0 radical (unpaired) electrons. The van der Waals surface area contributed by atoms with Crippen molar-refractivity contribution in [3.8, 4) is 5.75 Å². The van der Waals surface area contributed by atoms with Gasteiger partial charge in [-0.1, -0.05) is 30.3 Å². The minimum atomic E-state index is -0.259. The summed E-state index contributed by atoms with van der Waals surface area (Å²) < 4.78 is 24.1. The average Bonchev–Trinajstić information content (AvgIpc) is 2.48. The summed E-state index contributed by atoms with van der Waals surface area (Å²) in [6, 6.07) is 14.3. The summed E-state index contributed by atoms with van der Waals surface area (Å²) in [5.74, 6) is 0.527. The first-order chi connectivity index (χ1) is 9.81. The maximum absolute atomic E-state index is 13.5. The first-order valence-electron chi connectivity index (χ1n) is 6.49. The molecule has 0 unspecified atom stereocenters. The molecule has 0 aliphatic carbocycles. The summed E-state index contributed by atoms with van der Waals surface area (Å²) in [7, 11) is 1.63. The molecule has 0 atom stereocenters. The highest BCUT2D eigenvalue weighted by atomic mass is 19.1. The lowest BCUT2D eigenvalue weighted by atomic mass is 10.2. The minimum Gasteiger partial charge on any atom is -0.491 e. The van der Waals surface area contributed by atoms with Gasteiger partial charge >= 0.3 is 0 Å². The smallest absolute Gasteiger partial charge is 0.146 e. The van der Waals surface area contributed by atoms with Crippen molar-refractivity contribution in [2.75, 3.05) is 25.6 Å². The molecule has 0 amide bonds. The molecular weight excluding hydrogens is 257 g/mol. The lowest BCUT2D eigenvalue weighted by Gasteiger charge is -2.13. The van der Waals surface area contributed by atoms with Crippen molar-refractivity contribution in [2.45, 2.75) is 6.54 Å². The van der Waals surface area contributed by atoms with Gasteiger partial charge in [-0.3, -0.25) is 0 Å². The van der Waals surface area contributed by atoms with E-state index < -0.39 is 0 Å². The minimum absolute atomic E-state index is 0.259. The Labute approximate surface area is 118 Å². The van der Waals surface area contributed by atoms with Gasteiger partial charge in [-0.2, -0.15) is 0 Å². The van der Waals surface area contributed by atoms with Crippen LogP contribution in [-0.4, -0.2) is 20.3 Å². The number of nitrogens with one attached hydrogen (secondary N) is 1. The third-order valence-electron chi connectivity index (χ3n) is 2.86. The molecule has 2 aromatic carbocycles. The van der Waals surface area contributed by atoms with Gasteiger partial charge in [0, 0.05) is 19.2 Å². The van der Waals surface area contributed by atoms with Gasteiger partial charge in [0.2, 0.25) is 0 Å². The SMILES string of the molecule is COCCOc1ccccc1CNc1ccccc1F. The Hall–Kier alpha value is -2.07. The van der Waals surface area contributed by atoms with Crippen LogP contribution in [0.25, 0.3) is 0 Å². The lowest BCUT2D eigenvalue weighted by Crippen LogP contribution is -2.08. The van der Waals surface area contributed by atoms with Gasteiger partial charge in [0.25, 0.3) is 0 Å². The third kappa shape index (κ3) is 3.96. The fourth-order valence-electron chi connectivity index (χ4n) is 1.82. The van der Waals surface area contributed by atoms with Crippen molar-refractivity contribution in [3.05, 3.63) is 59.9 Å². The summed E-state index contributed by atoms with van der Waals surface area (Å²) in [5, 5.41) is 3.07. The van der Waals surface area contributed by atoms with Gasteiger partial charge in [-0.05, 0) is 18.2 Å². The quantitative estimate of drug-likeness (QED) is 0.785. The third-order valence-corrected chi connectivity index (χ3v) is 2.86. The van der Waals surface area contributed by atoms with E-state index >= 15 is 0 Å². The molecule has 0 saturated carbocycles. The van der Waals surface area contributed by atoms with Crippen LogP contribution < -0.4 is 10.1 Å². The molecule has 20 heavy (non-hydrogen) atoms. The standard InChI is InChI=1S/C16H18FNO2/c1-19-10-11-20-16-9-5-2-6-13(16)12-18-15-8-4-3-7-14(15)17/h2-9,18H,10-12H2,1H3. The molecule has 106 valence electrons. The number of para-hydroxylation sites is 2. The van der Waals surface area contributed by atoms with Crippen molar-refractivity contribution >= 4 is 5.69 Å². The molecular formula is C16H18FNO2. The number of benzene rings is 2. The Morgan fingerprint density at radius 3 is 2.55 bits per heavy atom. The molecule has 0 fully saturated rings. The van der Waals surface area contributed by atoms with Crippen LogP contribution in [0.2, 0.25) is 0 Å². The van der Waals surface area contributed by atoms with Crippen LogP contribution in [0.3, 0.4) is 0 Å². The van der Waals surface area contributed by atoms with Gasteiger partial charge < -0.3 is 14.8 Å². The van der Waals surface area contributed by atoms with Crippen molar-refractivity contribution in [3.63, 3.8) is 0 Å². The zero-order valence-electron chi connectivity index (χ0n) is 11.4. The first-order valence-corrected chi connectivity index (χ1v) is 6.49. The second-order valence-corrected chi connectivity index (χ2v) is 4.28. The molecule has 0 saturated heterocycles. The highest BCUT2D eigenvalue weighted by Crippen LogP contribution is 2.20. The molecule has 0 spiro atoms. The van der Waals surface area contributed by atoms with E-state index in [9.17, 15) is 4.39 Å². The van der Waals surface area contributed by atoms with Gasteiger partial charge in [0.1, 0.15) is 18.2 Å². The maximum Gasteiger partial charge on any atom is 0.146 e. The van der Waals surface area contributed by atoms with Gasteiger partial charge in [-0.25, -0.2) is 4.39 Å². The molecule has 2 aromatic rings. The summed E-state index contributed by atoms with van der Waals surface area (Å²) in [6.45, 7) is 1.53. The predicted octanol–water partition coefficient (Wildman–Crippen LogP) is 3.46. The molecule has 1 N–H and O–H groups in total. The normalized spacial score (nSPS) is 10.3. The van der Waals surface area contributed by atoms with Gasteiger partial charge in [0.05, 0.1) is 12.3 Å². The summed E-state index contributed by atoms with van der Waals surface area (Å²) in [4.78, 5) is 0. The van der Waals surface area contributed by atoms with Crippen LogP contribution in [0, 0.1) is 5.82 Å². The Balaban J connectivity index is 2.00. The Morgan fingerprint density at radius 1 is 1.00 bits per heavy atom. The topological polar surface area (TPSA) is 30.5 Å². The number of ether oxygens (including phenoxy) is 2. The van der Waals surface area contributed by atoms with E-state index in [0.29, 0.717) is 25.4 Å². The molecule has 0 aliphatic heterocycles. The van der Waals surface area contributed by atoms with Crippen LogP contribution in [0.5, 0.6) is 5.75 Å². The highest BCUT2D eigenvalue weighted by Gasteiger charge is 2.04. The number of anilines is 1. The number of hydrogen-bond acceptors (Lipinski definition) is 3. The van der Waals surface area contributed by atoms with E-state index in [1.807, 2.05) is 24.3 Å². The highest BCUT2D eigenvalue weighted by molar-refractivity contribution is 5.46. The Morgan fingerprint density at radius 2 is 1.75 bits per heavy atom. The zero-order chi connectivity index (χ0) is 14.2. The second-order valence-electron chi connectivity index (χ2n) is 4.28. The van der Waals surface area contributed by atoms with E-state index in [1.165, 1.54) is 6.07 Å². The molecule has 2 rings (SSSR count). The molecule has 0 heterocycles. The largest absolute Gasteiger partial charge is 0.491 e. The number of rotatable bonds is 7. The Bertz CT molecular complexity index is 546. The van der Waals surface area contributed by atoms with Crippen LogP contribution >= 0.6 is 0 Å². The first kappa shape index (κ1) is 14.3. The van der Waals surface area contributed by atoms with Crippen molar-refractivity contribution in [1.82, 2.24) is 0 Å². The van der Waals surface area contributed by atoms with E-state index in [4.69, 9.17) is 9.47 Å². The predicted molar refractivity (Wildman–Crippen MR) is 77.5 cm³/mol. The molecule has 0 aliphatic rings. The lowest BCUT2D eigenvalue weighted by molar-refractivity contribution is 0.146. The fourth-order valence-corrected chi connectivity index (χ4v) is 1.82. The summed E-state index contributed by atoms with van der Waals surface area (Å²) in [6.07, 6.45) is 0. The van der Waals surface area contributed by atoms with E-state index in [-0.39, 0.29) is 5.82 Å². The van der Waals surface area contributed by atoms with E-state index in [0.717, 1.165) is 11.3 Å². The summed E-state index contributed by atoms with van der Waals surface area (Å²) >= 11 is 0. The van der Waals surface area contributed by atoms with Crippen LogP contribution in [0.1, 0.15) is 5.56 Å². The monoisotopic (exact) mass is 275 g/mol. The molecule has 0 bridgehead atoms. The van der Waals surface area contributed by atoms with Gasteiger partial charge in [-0.15, -0.1) is 0 Å². The summed E-state index contributed by atoms with van der Waals surface area (Å²) in [5.41, 5.74) is 1.46. The number of halogens is 1. The number of methoxy groups -OCH3 is 1. The average molecular weight is 275 g/mol. The van der Waals surface area contributed by atoms with Crippen molar-refractivity contribution in [1.29, 1.82) is 0 Å². The fraction of sp³-hybridized carbons (Fsp3) is 0.250. The number of hydrogen-bond donors (Lipinski definition) is 1. The molecule has 4 heteroatoms. The van der Waals surface area contributed by atoms with Crippen molar-refractivity contribution in [2.24, 2.45) is 0 Å². The van der Waals surface area contributed by atoms with Crippen molar-refractivity contribution < 1.29 is 13.9 Å². The second kappa shape index (κ2) is 7.50. The molecule has 3 nitrogen and oxygen atoms in total. The van der Waals surface area contributed by atoms with Crippen LogP contribution in [0.15, 0.2) is 48.5 Å². The van der Waals surface area contributed by atoms with Crippen LogP contribution in [-0.2, 0) is 11.3 Å². The molecule has 0 aromatic heterocycles. The maximum atomic E-state index is 13.5.